The molecular weight excluding hydrogens is 330 g/mol. The molecule has 1 amide bonds. The fourth-order valence-corrected chi connectivity index (χ4v) is 3.15. The van der Waals surface area contributed by atoms with Crippen molar-refractivity contribution in [3.8, 4) is 11.5 Å². The maximum absolute atomic E-state index is 12.4. The maximum atomic E-state index is 12.4. The Morgan fingerprint density at radius 1 is 1.15 bits per heavy atom. The molecule has 2 saturated carbocycles. The number of rotatable bonds is 6. The van der Waals surface area contributed by atoms with Gasteiger partial charge in [-0.05, 0) is 37.8 Å². The normalized spacial score (nSPS) is 16.6. The first-order valence-electron chi connectivity index (χ1n) is 9.02. The van der Waals surface area contributed by atoms with Crippen LogP contribution in [0.2, 0.25) is 0 Å². The van der Waals surface area contributed by atoms with Gasteiger partial charge in [0.25, 0.3) is 5.91 Å². The van der Waals surface area contributed by atoms with E-state index in [2.05, 4.69) is 25.1 Å². The predicted molar refractivity (Wildman–Crippen MR) is 93.4 cm³/mol. The number of hydrogen-bond donors (Lipinski definition) is 1. The summed E-state index contributed by atoms with van der Waals surface area (Å²) in [5, 5.41) is 11.6. The number of aromatic nitrogens is 4. The summed E-state index contributed by atoms with van der Waals surface area (Å²) < 4.78 is 7.67. The lowest BCUT2D eigenvalue weighted by Crippen LogP contribution is -2.25. The van der Waals surface area contributed by atoms with E-state index in [0.717, 1.165) is 17.2 Å². The van der Waals surface area contributed by atoms with E-state index in [1.54, 1.807) is 0 Å². The molecule has 2 aromatic heterocycles. The second-order valence-electron chi connectivity index (χ2n) is 6.94. The molecule has 7 heteroatoms. The summed E-state index contributed by atoms with van der Waals surface area (Å²) in [6.45, 7) is 0.350. The van der Waals surface area contributed by atoms with Gasteiger partial charge < -0.3 is 14.3 Å². The number of carbonyl (C=O) groups excluding carboxylic acids is 1. The Labute approximate surface area is 150 Å². The van der Waals surface area contributed by atoms with Crippen LogP contribution in [-0.2, 0) is 6.54 Å². The number of hydrogen-bond acceptors (Lipinski definition) is 5. The van der Waals surface area contributed by atoms with Crippen molar-refractivity contribution in [3.63, 3.8) is 0 Å². The lowest BCUT2D eigenvalue weighted by molar-refractivity contribution is 0.0944. The van der Waals surface area contributed by atoms with Crippen LogP contribution in [0, 0.1) is 0 Å². The highest BCUT2D eigenvalue weighted by Crippen LogP contribution is 2.44. The van der Waals surface area contributed by atoms with Gasteiger partial charge in [0.05, 0.1) is 6.54 Å². The monoisotopic (exact) mass is 349 g/mol. The molecule has 0 spiro atoms. The Morgan fingerprint density at radius 2 is 1.96 bits per heavy atom. The second kappa shape index (κ2) is 6.09. The lowest BCUT2D eigenvalue weighted by Gasteiger charge is -2.08. The molecule has 0 unspecified atom stereocenters. The highest BCUT2D eigenvalue weighted by molar-refractivity contribution is 5.92. The van der Waals surface area contributed by atoms with Crippen LogP contribution in [0.25, 0.3) is 11.5 Å². The Balaban J connectivity index is 1.29. The van der Waals surface area contributed by atoms with Crippen LogP contribution in [-0.4, -0.2) is 25.7 Å². The van der Waals surface area contributed by atoms with Gasteiger partial charge in [-0.15, -0.1) is 10.2 Å². The molecule has 2 aliphatic carbocycles. The van der Waals surface area contributed by atoms with Gasteiger partial charge >= 0.3 is 0 Å². The number of amides is 1. The van der Waals surface area contributed by atoms with Crippen LogP contribution in [0.3, 0.4) is 0 Å². The van der Waals surface area contributed by atoms with Gasteiger partial charge in [-0.3, -0.25) is 4.79 Å². The molecule has 2 heterocycles. The summed E-state index contributed by atoms with van der Waals surface area (Å²) in [6.07, 6.45) is 6.11. The van der Waals surface area contributed by atoms with Crippen LogP contribution in [0.5, 0.6) is 0 Å². The van der Waals surface area contributed by atoms with Gasteiger partial charge in [0, 0.05) is 17.5 Å². The Bertz CT molecular complexity index is 938. The van der Waals surface area contributed by atoms with Crippen molar-refractivity contribution in [2.75, 3.05) is 0 Å². The minimum atomic E-state index is -0.269. The van der Waals surface area contributed by atoms with Crippen LogP contribution in [0.1, 0.15) is 59.8 Å². The zero-order valence-corrected chi connectivity index (χ0v) is 14.3. The zero-order valence-electron chi connectivity index (χ0n) is 14.3. The van der Waals surface area contributed by atoms with Gasteiger partial charge in [0.15, 0.2) is 11.5 Å². The number of oxazole rings is 1. The molecule has 0 aliphatic heterocycles. The Morgan fingerprint density at radius 3 is 2.69 bits per heavy atom. The molecule has 0 bridgehead atoms. The van der Waals surface area contributed by atoms with E-state index < -0.39 is 0 Å². The smallest absolute Gasteiger partial charge is 0.273 e. The topological polar surface area (TPSA) is 85.8 Å². The van der Waals surface area contributed by atoms with Crippen LogP contribution < -0.4 is 5.32 Å². The van der Waals surface area contributed by atoms with Crippen molar-refractivity contribution in [2.45, 2.75) is 44.2 Å². The van der Waals surface area contributed by atoms with Crippen molar-refractivity contribution < 1.29 is 9.21 Å². The van der Waals surface area contributed by atoms with E-state index in [0.29, 0.717) is 24.4 Å². The number of nitrogens with one attached hydrogen (secondary N) is 1. The number of carbonyl (C=O) groups is 1. The van der Waals surface area contributed by atoms with E-state index in [4.69, 9.17) is 4.42 Å². The molecule has 3 aromatic rings. The standard InChI is InChI=1S/C19H19N5O2/c25-18(15-11-26-19(21-15)13-4-2-1-3-5-13)20-10-16-22-23-17(12-6-7-12)24(16)14-8-9-14/h1-5,11-12,14H,6-10H2,(H,20,25). The van der Waals surface area contributed by atoms with E-state index in [1.807, 2.05) is 30.3 Å². The quantitative estimate of drug-likeness (QED) is 0.739. The lowest BCUT2D eigenvalue weighted by atomic mass is 10.2. The molecule has 132 valence electrons. The number of benzene rings is 1. The third kappa shape index (κ3) is 2.89. The highest BCUT2D eigenvalue weighted by atomic mass is 16.3. The molecular formula is C19H19N5O2. The minimum Gasteiger partial charge on any atom is -0.444 e. The molecule has 7 nitrogen and oxygen atoms in total. The average molecular weight is 349 g/mol. The van der Waals surface area contributed by atoms with Crippen molar-refractivity contribution in [2.24, 2.45) is 0 Å². The minimum absolute atomic E-state index is 0.267. The van der Waals surface area contributed by atoms with Gasteiger partial charge in [0.2, 0.25) is 5.89 Å². The summed E-state index contributed by atoms with van der Waals surface area (Å²) in [6, 6.07) is 10.0. The Kier molecular flexibility index (Phi) is 3.58. The van der Waals surface area contributed by atoms with E-state index in [-0.39, 0.29) is 11.6 Å². The SMILES string of the molecule is O=C(NCc1nnc(C2CC2)n1C1CC1)c1coc(-c2ccccc2)n1. The van der Waals surface area contributed by atoms with Crippen molar-refractivity contribution in [1.29, 1.82) is 0 Å². The molecule has 2 fully saturated rings. The van der Waals surface area contributed by atoms with Crippen molar-refractivity contribution in [3.05, 3.63) is 53.9 Å². The molecule has 0 saturated heterocycles. The van der Waals surface area contributed by atoms with Crippen LogP contribution in [0.4, 0.5) is 0 Å². The summed E-state index contributed by atoms with van der Waals surface area (Å²) in [5.74, 6) is 2.64. The molecule has 1 aromatic carbocycles. The predicted octanol–water partition coefficient (Wildman–Crippen LogP) is 3.08. The molecule has 0 radical (unpaired) electrons. The van der Waals surface area contributed by atoms with Gasteiger partial charge in [-0.2, -0.15) is 0 Å². The zero-order chi connectivity index (χ0) is 17.5. The first-order chi connectivity index (χ1) is 12.8. The van der Waals surface area contributed by atoms with Crippen molar-refractivity contribution >= 4 is 5.91 Å². The third-order valence-corrected chi connectivity index (χ3v) is 4.81. The van der Waals surface area contributed by atoms with E-state index >= 15 is 0 Å². The van der Waals surface area contributed by atoms with Crippen molar-refractivity contribution in [1.82, 2.24) is 25.1 Å². The van der Waals surface area contributed by atoms with Gasteiger partial charge in [-0.25, -0.2) is 4.98 Å². The molecule has 1 N–H and O–H groups in total. The fourth-order valence-electron chi connectivity index (χ4n) is 3.15. The molecule has 26 heavy (non-hydrogen) atoms. The van der Waals surface area contributed by atoms with E-state index in [1.165, 1.54) is 31.9 Å². The molecule has 2 aliphatic rings. The van der Waals surface area contributed by atoms with Crippen LogP contribution >= 0.6 is 0 Å². The molecule has 5 rings (SSSR count). The molecule has 0 atom stereocenters. The fraction of sp³-hybridized carbons (Fsp3) is 0.368. The van der Waals surface area contributed by atoms with Gasteiger partial charge in [-0.1, -0.05) is 18.2 Å². The summed E-state index contributed by atoms with van der Waals surface area (Å²) in [4.78, 5) is 16.7. The van der Waals surface area contributed by atoms with E-state index in [9.17, 15) is 4.79 Å². The largest absolute Gasteiger partial charge is 0.444 e. The Hall–Kier alpha value is -2.96. The summed E-state index contributed by atoms with van der Waals surface area (Å²) >= 11 is 0. The second-order valence-corrected chi connectivity index (χ2v) is 6.94. The summed E-state index contributed by atoms with van der Waals surface area (Å²) in [7, 11) is 0. The average Bonchev–Trinajstić information content (AvgIpc) is 3.61. The first kappa shape index (κ1) is 15.3. The first-order valence-corrected chi connectivity index (χ1v) is 9.02. The number of nitrogens with zero attached hydrogens (tertiary/aromatic N) is 4. The third-order valence-electron chi connectivity index (χ3n) is 4.81. The van der Waals surface area contributed by atoms with Crippen LogP contribution in [0.15, 0.2) is 41.0 Å². The highest BCUT2D eigenvalue weighted by Gasteiger charge is 2.36. The maximum Gasteiger partial charge on any atom is 0.273 e. The summed E-state index contributed by atoms with van der Waals surface area (Å²) in [5.41, 5.74) is 1.11. The van der Waals surface area contributed by atoms with Gasteiger partial charge in [0.1, 0.15) is 12.1 Å².